The highest BCUT2D eigenvalue weighted by Crippen LogP contribution is 2.38. The molecule has 0 radical (unpaired) electrons. The van der Waals surface area contributed by atoms with Crippen LogP contribution in [0.25, 0.3) is 10.9 Å². The summed E-state index contributed by atoms with van der Waals surface area (Å²) in [5.74, 6) is -0.0568. The van der Waals surface area contributed by atoms with Crippen LogP contribution < -0.4 is 20.2 Å². The van der Waals surface area contributed by atoms with Crippen LogP contribution in [0.2, 0.25) is 5.02 Å². The molecule has 182 valence electrons. The Labute approximate surface area is 211 Å². The van der Waals surface area contributed by atoms with Crippen LogP contribution in [0.5, 0.6) is 5.75 Å². The molecule has 36 heavy (non-hydrogen) atoms. The Morgan fingerprint density at radius 3 is 2.69 bits per heavy atom. The van der Waals surface area contributed by atoms with Gasteiger partial charge >= 0.3 is 0 Å². The number of pyridine rings is 2. The minimum atomic E-state index is -0.318. The summed E-state index contributed by atoms with van der Waals surface area (Å²) >= 11 is 6.58. The van der Waals surface area contributed by atoms with E-state index in [0.717, 1.165) is 5.56 Å². The Morgan fingerprint density at radius 1 is 1.28 bits per heavy atom. The minimum Gasteiger partial charge on any atom is -0.733 e. The summed E-state index contributed by atoms with van der Waals surface area (Å²) in [6, 6.07) is 13.6. The number of hydrogen-bond donors (Lipinski definition) is 2. The first-order chi connectivity index (χ1) is 17.3. The standard InChI is InChI=1S/C25H20ClN6O4/c1-15(33)31(14-16-4-3-7-28-12-16)18-5-6-21(20(26)8-18)30-25-17(11-27)13-29-22-10-24(36-2)23(32(34)35)9-19(22)25/h3-10,12-13,34H,14H2,1-2H3,(H,29,30)/q-1. The Kier molecular flexibility index (Phi) is 7.17. The molecular formula is C25H20ClN6O4-. The molecule has 4 rings (SSSR count). The minimum absolute atomic E-state index is 0.114. The van der Waals surface area contributed by atoms with Crippen LogP contribution in [0, 0.1) is 16.5 Å². The number of anilines is 4. The summed E-state index contributed by atoms with van der Waals surface area (Å²) in [5.41, 5.74) is 2.68. The van der Waals surface area contributed by atoms with Crippen molar-refractivity contribution >= 4 is 51.2 Å². The number of fused-ring (bicyclic) bond motifs is 1. The van der Waals surface area contributed by atoms with E-state index in [1.807, 2.05) is 6.07 Å². The molecule has 0 fully saturated rings. The average molecular weight is 504 g/mol. The number of hydrogen-bond acceptors (Lipinski definition) is 9. The molecule has 2 aromatic heterocycles. The molecule has 0 saturated heterocycles. The van der Waals surface area contributed by atoms with Crippen molar-refractivity contribution in [2.45, 2.75) is 13.5 Å². The van der Waals surface area contributed by atoms with E-state index in [1.54, 1.807) is 41.6 Å². The van der Waals surface area contributed by atoms with E-state index in [-0.39, 0.29) is 28.1 Å². The molecule has 11 heteroatoms. The van der Waals surface area contributed by atoms with Gasteiger partial charge in [-0.15, -0.1) is 0 Å². The topological polar surface area (TPSA) is 138 Å². The highest BCUT2D eigenvalue weighted by molar-refractivity contribution is 6.33. The number of rotatable bonds is 7. The largest absolute Gasteiger partial charge is 0.733 e. The summed E-state index contributed by atoms with van der Waals surface area (Å²) < 4.78 is 5.16. The van der Waals surface area contributed by atoms with Gasteiger partial charge < -0.3 is 25.4 Å². The molecule has 0 unspecified atom stereocenters. The van der Waals surface area contributed by atoms with Crippen molar-refractivity contribution in [1.82, 2.24) is 9.97 Å². The van der Waals surface area contributed by atoms with Crippen LogP contribution in [0.15, 0.2) is 61.1 Å². The second kappa shape index (κ2) is 10.5. The van der Waals surface area contributed by atoms with Crippen molar-refractivity contribution in [3.05, 3.63) is 82.4 Å². The lowest BCUT2D eigenvalue weighted by molar-refractivity contribution is -0.116. The molecule has 2 heterocycles. The molecule has 4 aromatic rings. The van der Waals surface area contributed by atoms with E-state index < -0.39 is 0 Å². The van der Waals surface area contributed by atoms with Gasteiger partial charge in [0.25, 0.3) is 0 Å². The first-order valence-corrected chi connectivity index (χ1v) is 11.0. The Hall–Kier alpha value is -4.43. The van der Waals surface area contributed by atoms with Crippen LogP contribution in [-0.4, -0.2) is 28.2 Å². The number of nitrogens with zero attached hydrogens (tertiary/aromatic N) is 5. The quantitative estimate of drug-likeness (QED) is 0.327. The van der Waals surface area contributed by atoms with Crippen molar-refractivity contribution in [3.63, 3.8) is 0 Å². The fourth-order valence-electron chi connectivity index (χ4n) is 3.71. The molecule has 0 aliphatic heterocycles. The fourth-order valence-corrected chi connectivity index (χ4v) is 3.93. The second-order valence-corrected chi connectivity index (χ2v) is 8.14. The van der Waals surface area contributed by atoms with Gasteiger partial charge in [-0.25, -0.2) is 0 Å². The maximum absolute atomic E-state index is 12.3. The van der Waals surface area contributed by atoms with Gasteiger partial charge in [0, 0.05) is 42.7 Å². The molecule has 1 amide bonds. The highest BCUT2D eigenvalue weighted by atomic mass is 35.5. The first kappa shape index (κ1) is 24.7. The van der Waals surface area contributed by atoms with Gasteiger partial charge in [-0.3, -0.25) is 20.0 Å². The fraction of sp³-hybridized carbons (Fsp3) is 0.120. The van der Waals surface area contributed by atoms with Crippen molar-refractivity contribution in [3.8, 4) is 11.8 Å². The zero-order valence-corrected chi connectivity index (χ0v) is 20.0. The number of ether oxygens (including phenoxy) is 1. The highest BCUT2D eigenvalue weighted by Gasteiger charge is 2.17. The van der Waals surface area contributed by atoms with Crippen LogP contribution in [0.3, 0.4) is 0 Å². The summed E-state index contributed by atoms with van der Waals surface area (Å²) in [6.07, 6.45) is 4.72. The van der Waals surface area contributed by atoms with Crippen molar-refractivity contribution in [1.29, 1.82) is 5.26 Å². The van der Waals surface area contributed by atoms with Gasteiger partial charge in [0.1, 0.15) is 11.8 Å². The molecule has 0 saturated carbocycles. The number of methoxy groups -OCH3 is 1. The van der Waals surface area contributed by atoms with Crippen molar-refractivity contribution in [2.24, 2.45) is 0 Å². The molecule has 0 bridgehead atoms. The second-order valence-electron chi connectivity index (χ2n) is 7.73. The van der Waals surface area contributed by atoms with Gasteiger partial charge in [0.05, 0.1) is 46.8 Å². The zero-order valence-electron chi connectivity index (χ0n) is 19.3. The normalized spacial score (nSPS) is 10.6. The third kappa shape index (κ3) is 4.99. The molecule has 10 nitrogen and oxygen atoms in total. The number of amides is 1. The van der Waals surface area contributed by atoms with E-state index in [2.05, 4.69) is 21.4 Å². The number of nitrogens with one attached hydrogen (secondary N) is 1. The first-order valence-electron chi connectivity index (χ1n) is 10.6. The van der Waals surface area contributed by atoms with Crippen molar-refractivity contribution < 1.29 is 14.7 Å². The number of nitriles is 1. The van der Waals surface area contributed by atoms with Crippen LogP contribution in [0.4, 0.5) is 22.7 Å². The van der Waals surface area contributed by atoms with Gasteiger partial charge in [0.2, 0.25) is 5.91 Å². The SMILES string of the molecule is COc1cc2ncc(C#N)c(Nc3ccc(N(Cc4cccnc4)C(C)=O)cc3Cl)c2cc1N([O-])O. The Balaban J connectivity index is 1.74. The lowest BCUT2D eigenvalue weighted by atomic mass is 10.1. The lowest BCUT2D eigenvalue weighted by Crippen LogP contribution is -2.27. The lowest BCUT2D eigenvalue weighted by Gasteiger charge is -2.25. The Morgan fingerprint density at radius 2 is 2.08 bits per heavy atom. The monoisotopic (exact) mass is 503 g/mol. The number of benzene rings is 2. The molecular weight excluding hydrogens is 484 g/mol. The summed E-state index contributed by atoms with van der Waals surface area (Å²) in [6.45, 7) is 1.78. The maximum atomic E-state index is 12.3. The van der Waals surface area contributed by atoms with Crippen LogP contribution >= 0.6 is 11.6 Å². The van der Waals surface area contributed by atoms with E-state index >= 15 is 0 Å². The van der Waals surface area contributed by atoms with Crippen molar-refractivity contribution in [2.75, 3.05) is 22.6 Å². The summed E-state index contributed by atoms with van der Waals surface area (Å²) in [7, 11) is 1.36. The third-order valence-electron chi connectivity index (χ3n) is 5.46. The molecule has 0 aliphatic rings. The predicted octanol–water partition coefficient (Wildman–Crippen LogP) is 5.15. The van der Waals surface area contributed by atoms with Gasteiger partial charge in [-0.1, -0.05) is 17.7 Å². The molecule has 2 N–H and O–H groups in total. The summed E-state index contributed by atoms with van der Waals surface area (Å²) in [5, 5.41) is 34.3. The average Bonchev–Trinajstić information content (AvgIpc) is 2.88. The molecule has 0 spiro atoms. The maximum Gasteiger partial charge on any atom is 0.224 e. The number of aromatic nitrogens is 2. The van der Waals surface area contributed by atoms with Gasteiger partial charge in [-0.05, 0) is 35.9 Å². The third-order valence-corrected chi connectivity index (χ3v) is 5.78. The van der Waals surface area contributed by atoms with Gasteiger partial charge in [0.15, 0.2) is 0 Å². The number of carbonyl (C=O) groups is 1. The number of carbonyl (C=O) groups excluding carboxylic acids is 1. The number of halogens is 1. The molecule has 2 aromatic carbocycles. The smallest absolute Gasteiger partial charge is 0.224 e. The summed E-state index contributed by atoms with van der Waals surface area (Å²) in [4.78, 5) is 22.3. The molecule has 0 atom stereocenters. The van der Waals surface area contributed by atoms with E-state index in [0.29, 0.717) is 39.5 Å². The molecule has 0 aliphatic carbocycles. The predicted molar refractivity (Wildman–Crippen MR) is 136 cm³/mol. The van der Waals surface area contributed by atoms with Crippen LogP contribution in [0.1, 0.15) is 18.1 Å². The Bertz CT molecular complexity index is 1470. The van der Waals surface area contributed by atoms with Gasteiger partial charge in [-0.2, -0.15) is 5.26 Å². The van der Waals surface area contributed by atoms with E-state index in [4.69, 9.17) is 16.3 Å². The van der Waals surface area contributed by atoms with E-state index in [1.165, 1.54) is 32.4 Å². The zero-order chi connectivity index (χ0) is 25.8. The van der Waals surface area contributed by atoms with Crippen LogP contribution in [-0.2, 0) is 11.3 Å². The van der Waals surface area contributed by atoms with E-state index in [9.17, 15) is 20.5 Å².